The third-order valence-electron chi connectivity index (χ3n) is 2.18. The van der Waals surface area contributed by atoms with Crippen LogP contribution in [0.4, 0.5) is 5.69 Å². The van der Waals surface area contributed by atoms with E-state index < -0.39 is 0 Å². The number of anilines is 1. The lowest BCUT2D eigenvalue weighted by Gasteiger charge is -2.13. The number of nitrogens with two attached hydrogens (primary N) is 1. The molecule has 0 saturated carbocycles. The predicted octanol–water partition coefficient (Wildman–Crippen LogP) is 4.96. The Morgan fingerprint density at radius 1 is 1.33 bits per heavy atom. The van der Waals surface area contributed by atoms with Crippen molar-refractivity contribution in [3.8, 4) is 5.75 Å². The number of allylic oxidation sites excluding steroid dienone is 2. The van der Waals surface area contributed by atoms with Crippen LogP contribution in [0.25, 0.3) is 0 Å². The summed E-state index contributed by atoms with van der Waals surface area (Å²) in [5.41, 5.74) is 7.78. The molecule has 0 unspecified atom stereocenters. The molecular formula is C15H24BrNO. The normalized spacial score (nSPS) is 10.1. The summed E-state index contributed by atoms with van der Waals surface area (Å²) in [6, 6.07) is 3.94. The monoisotopic (exact) mass is 313 g/mol. The zero-order chi connectivity index (χ0) is 14.0. The fourth-order valence-corrected chi connectivity index (χ4v) is 1.97. The van der Waals surface area contributed by atoms with Gasteiger partial charge in [0, 0.05) is 10.0 Å². The van der Waals surface area contributed by atoms with Crippen LogP contribution in [0.3, 0.4) is 0 Å². The molecule has 0 aromatic heterocycles. The maximum absolute atomic E-state index is 5.96. The largest absolute Gasteiger partial charge is 0.491 e. The Hall–Kier alpha value is -0.960. The highest BCUT2D eigenvalue weighted by Crippen LogP contribution is 2.31. The highest BCUT2D eigenvalue weighted by Gasteiger charge is 2.08. The minimum Gasteiger partial charge on any atom is -0.491 e. The van der Waals surface area contributed by atoms with Gasteiger partial charge < -0.3 is 10.5 Å². The van der Waals surface area contributed by atoms with Crippen LogP contribution in [0.1, 0.15) is 39.7 Å². The lowest BCUT2D eigenvalue weighted by atomic mass is 10.1. The second kappa shape index (κ2) is 10.0. The third kappa shape index (κ3) is 5.58. The lowest BCUT2D eigenvalue weighted by Crippen LogP contribution is -2.02. The van der Waals surface area contributed by atoms with Crippen LogP contribution in [-0.2, 0) is 6.42 Å². The summed E-state index contributed by atoms with van der Waals surface area (Å²) in [6.45, 7) is 8.79. The molecule has 102 valence electrons. The van der Waals surface area contributed by atoms with Gasteiger partial charge in [0.05, 0.1) is 12.3 Å². The summed E-state index contributed by atoms with van der Waals surface area (Å²) in [5, 5.41) is 0. The van der Waals surface area contributed by atoms with Crippen molar-refractivity contribution in [3.63, 3.8) is 0 Å². The van der Waals surface area contributed by atoms with E-state index in [0.29, 0.717) is 12.3 Å². The van der Waals surface area contributed by atoms with Gasteiger partial charge in [-0.05, 0) is 31.9 Å². The Morgan fingerprint density at radius 2 is 2.00 bits per heavy atom. The number of rotatable bonds is 5. The molecule has 2 nitrogen and oxygen atoms in total. The molecule has 0 aliphatic rings. The van der Waals surface area contributed by atoms with Crippen LogP contribution in [0, 0.1) is 0 Å². The molecular weight excluding hydrogens is 290 g/mol. The van der Waals surface area contributed by atoms with Crippen molar-refractivity contribution in [1.82, 2.24) is 0 Å². The van der Waals surface area contributed by atoms with Crippen molar-refractivity contribution in [2.24, 2.45) is 0 Å². The average molecular weight is 314 g/mol. The van der Waals surface area contributed by atoms with Crippen LogP contribution in [0.2, 0.25) is 0 Å². The summed E-state index contributed by atoms with van der Waals surface area (Å²) < 4.78 is 6.68. The molecule has 18 heavy (non-hydrogen) atoms. The minimum atomic E-state index is 0.697. The maximum Gasteiger partial charge on any atom is 0.145 e. The highest BCUT2D eigenvalue weighted by atomic mass is 79.9. The Labute approximate surface area is 119 Å². The third-order valence-corrected chi connectivity index (χ3v) is 2.64. The quantitative estimate of drug-likeness (QED) is 0.615. The van der Waals surface area contributed by atoms with E-state index in [1.165, 1.54) is 0 Å². The number of nitrogen functional groups attached to an aromatic ring is 1. The molecule has 3 heteroatoms. The molecule has 0 amide bonds. The van der Waals surface area contributed by atoms with Crippen molar-refractivity contribution >= 4 is 21.6 Å². The van der Waals surface area contributed by atoms with Gasteiger partial charge in [-0.15, -0.1) is 0 Å². The van der Waals surface area contributed by atoms with Gasteiger partial charge in [0.25, 0.3) is 0 Å². The number of benzene rings is 1. The smallest absolute Gasteiger partial charge is 0.145 e. The first kappa shape index (κ1) is 17.0. The van der Waals surface area contributed by atoms with Gasteiger partial charge in [0.2, 0.25) is 0 Å². The van der Waals surface area contributed by atoms with E-state index in [0.717, 1.165) is 28.6 Å². The summed E-state index contributed by atoms with van der Waals surface area (Å²) in [4.78, 5) is 0. The Bertz CT molecular complexity index is 375. The van der Waals surface area contributed by atoms with Gasteiger partial charge >= 0.3 is 0 Å². The molecule has 0 bridgehead atoms. The Balaban J connectivity index is 0.00000137. The molecule has 1 rings (SSSR count). The molecule has 2 N–H and O–H groups in total. The lowest BCUT2D eigenvalue weighted by molar-refractivity contribution is 0.316. The molecule has 0 radical (unpaired) electrons. The fourth-order valence-electron chi connectivity index (χ4n) is 1.45. The molecule has 0 saturated heterocycles. The molecule has 0 fully saturated rings. The van der Waals surface area contributed by atoms with Gasteiger partial charge in [-0.3, -0.25) is 0 Å². The van der Waals surface area contributed by atoms with Crippen molar-refractivity contribution < 1.29 is 4.74 Å². The summed E-state index contributed by atoms with van der Waals surface area (Å²) in [7, 11) is 0. The topological polar surface area (TPSA) is 35.2 Å². The first-order valence-electron chi connectivity index (χ1n) is 6.50. The van der Waals surface area contributed by atoms with Crippen LogP contribution in [0.15, 0.2) is 28.8 Å². The van der Waals surface area contributed by atoms with E-state index in [-0.39, 0.29) is 0 Å². The number of hydrogen-bond acceptors (Lipinski definition) is 2. The molecule has 0 aliphatic carbocycles. The molecule has 0 atom stereocenters. The number of halogens is 1. The van der Waals surface area contributed by atoms with Crippen molar-refractivity contribution in [1.29, 1.82) is 0 Å². The summed E-state index contributed by atoms with van der Waals surface area (Å²) >= 11 is 3.45. The Morgan fingerprint density at radius 3 is 2.56 bits per heavy atom. The van der Waals surface area contributed by atoms with Crippen molar-refractivity contribution in [3.05, 3.63) is 34.3 Å². The number of ether oxygens (including phenoxy) is 1. The standard InChI is InChI=1S/C13H18BrNO.C2H6/c1-3-5-6-10-8-11(14)9-12(15)13(10)16-7-4-2;1-2/h3,5,8-9H,4,6-7,15H2,1-2H3;1-2H3/b5-3+;. The van der Waals surface area contributed by atoms with Gasteiger partial charge in [0.1, 0.15) is 5.75 Å². The molecule has 0 heterocycles. The summed E-state index contributed by atoms with van der Waals surface area (Å²) in [5.74, 6) is 0.822. The fraction of sp³-hybridized carbons (Fsp3) is 0.467. The first-order valence-corrected chi connectivity index (χ1v) is 7.30. The van der Waals surface area contributed by atoms with Crippen LogP contribution in [0.5, 0.6) is 5.75 Å². The second-order valence-electron chi connectivity index (χ2n) is 3.60. The minimum absolute atomic E-state index is 0.697. The summed E-state index contributed by atoms with van der Waals surface area (Å²) in [6.07, 6.45) is 5.96. The predicted molar refractivity (Wildman–Crippen MR) is 84.2 cm³/mol. The van der Waals surface area contributed by atoms with Crippen molar-refractivity contribution in [2.75, 3.05) is 12.3 Å². The second-order valence-corrected chi connectivity index (χ2v) is 4.52. The Kier molecular flexibility index (Phi) is 9.47. The zero-order valence-electron chi connectivity index (χ0n) is 11.8. The van der Waals surface area contributed by atoms with E-state index in [1.807, 2.05) is 32.9 Å². The van der Waals surface area contributed by atoms with Crippen LogP contribution < -0.4 is 10.5 Å². The van der Waals surface area contributed by atoms with Gasteiger partial charge in [-0.1, -0.05) is 48.9 Å². The zero-order valence-corrected chi connectivity index (χ0v) is 13.4. The molecule has 0 aliphatic heterocycles. The molecule has 1 aromatic rings. The van der Waals surface area contributed by atoms with E-state index in [2.05, 4.69) is 35.0 Å². The highest BCUT2D eigenvalue weighted by molar-refractivity contribution is 9.10. The van der Waals surface area contributed by atoms with Crippen molar-refractivity contribution in [2.45, 2.75) is 40.5 Å². The van der Waals surface area contributed by atoms with Crippen LogP contribution in [-0.4, -0.2) is 6.61 Å². The molecule has 0 spiro atoms. The maximum atomic E-state index is 5.96. The molecule has 1 aromatic carbocycles. The van der Waals surface area contributed by atoms with Gasteiger partial charge in [-0.25, -0.2) is 0 Å². The van der Waals surface area contributed by atoms with E-state index in [9.17, 15) is 0 Å². The van der Waals surface area contributed by atoms with Gasteiger partial charge in [0.15, 0.2) is 0 Å². The van der Waals surface area contributed by atoms with E-state index in [1.54, 1.807) is 0 Å². The van der Waals surface area contributed by atoms with E-state index >= 15 is 0 Å². The average Bonchev–Trinajstić information content (AvgIpc) is 2.37. The van der Waals surface area contributed by atoms with Crippen LogP contribution >= 0.6 is 15.9 Å². The van der Waals surface area contributed by atoms with E-state index in [4.69, 9.17) is 10.5 Å². The van der Waals surface area contributed by atoms with Gasteiger partial charge in [-0.2, -0.15) is 0 Å². The SMILES string of the molecule is C/C=C/Cc1cc(Br)cc(N)c1OCCC.CC. The number of hydrogen-bond donors (Lipinski definition) is 1. The first-order chi connectivity index (χ1) is 8.69.